The van der Waals surface area contributed by atoms with E-state index in [-0.39, 0.29) is 0 Å². The number of hydrogen-bond donors (Lipinski definition) is 2. The second kappa shape index (κ2) is 4.97. The molecule has 0 amide bonds. The molecule has 0 aliphatic rings. The molecule has 2 rings (SSSR count). The van der Waals surface area contributed by atoms with Gasteiger partial charge in [0.2, 0.25) is 0 Å². The van der Waals surface area contributed by atoms with Gasteiger partial charge in [-0.2, -0.15) is 0 Å². The fourth-order valence-corrected chi connectivity index (χ4v) is 1.75. The first-order chi connectivity index (χ1) is 8.22. The van der Waals surface area contributed by atoms with Gasteiger partial charge in [-0.25, -0.2) is 9.97 Å². The zero-order valence-electron chi connectivity index (χ0n) is 10.1. The first-order valence-electron chi connectivity index (χ1n) is 5.58. The van der Waals surface area contributed by atoms with Crippen molar-refractivity contribution in [2.75, 3.05) is 37.8 Å². The van der Waals surface area contributed by atoms with E-state index in [1.54, 1.807) is 6.33 Å². The van der Waals surface area contributed by atoms with Gasteiger partial charge in [0.25, 0.3) is 0 Å². The Morgan fingerprint density at radius 2 is 2.18 bits per heavy atom. The summed E-state index contributed by atoms with van der Waals surface area (Å²) in [5.74, 6) is 0.935. The van der Waals surface area contributed by atoms with E-state index >= 15 is 0 Å². The normalized spacial score (nSPS) is 10.7. The number of nitrogens with zero attached hydrogens (tertiary/aromatic N) is 3. The van der Waals surface area contributed by atoms with Crippen LogP contribution in [0.15, 0.2) is 24.5 Å². The van der Waals surface area contributed by atoms with Crippen molar-refractivity contribution in [2.24, 2.45) is 0 Å². The standard InChI is InChI=1S/C12H17N5/c1-14-5-6-17(2)12-10-4-3-9(13)7-11(10)15-8-16-12/h3-4,7-8,14H,5-6,13H2,1-2H3. The number of hydrogen-bond acceptors (Lipinski definition) is 5. The van der Waals surface area contributed by atoms with Crippen molar-refractivity contribution in [1.29, 1.82) is 0 Å². The van der Waals surface area contributed by atoms with Gasteiger partial charge in [0.15, 0.2) is 0 Å². The molecule has 0 unspecified atom stereocenters. The SMILES string of the molecule is CNCCN(C)c1ncnc2cc(N)ccc12. The van der Waals surface area contributed by atoms with Crippen LogP contribution in [0.4, 0.5) is 11.5 Å². The Bertz CT molecular complexity index is 511. The second-order valence-electron chi connectivity index (χ2n) is 4.00. The molecule has 0 fully saturated rings. The van der Waals surface area contributed by atoms with E-state index < -0.39 is 0 Å². The maximum absolute atomic E-state index is 5.75. The lowest BCUT2D eigenvalue weighted by atomic mass is 10.2. The van der Waals surface area contributed by atoms with E-state index in [0.29, 0.717) is 0 Å². The van der Waals surface area contributed by atoms with E-state index in [4.69, 9.17) is 5.73 Å². The lowest BCUT2D eigenvalue weighted by Crippen LogP contribution is -2.27. The summed E-state index contributed by atoms with van der Waals surface area (Å²) >= 11 is 0. The second-order valence-corrected chi connectivity index (χ2v) is 4.00. The summed E-state index contributed by atoms with van der Waals surface area (Å²) in [6.45, 7) is 1.81. The zero-order chi connectivity index (χ0) is 12.3. The minimum Gasteiger partial charge on any atom is -0.399 e. The van der Waals surface area contributed by atoms with Crippen molar-refractivity contribution in [3.8, 4) is 0 Å². The summed E-state index contributed by atoms with van der Waals surface area (Å²) in [5, 5.41) is 4.15. The van der Waals surface area contributed by atoms with Crippen LogP contribution in [0.25, 0.3) is 10.9 Å². The van der Waals surface area contributed by atoms with Gasteiger partial charge in [0, 0.05) is 31.2 Å². The Morgan fingerprint density at radius 1 is 1.35 bits per heavy atom. The Kier molecular flexibility index (Phi) is 3.39. The Labute approximate surface area is 101 Å². The summed E-state index contributed by atoms with van der Waals surface area (Å²) in [6.07, 6.45) is 1.58. The van der Waals surface area contributed by atoms with Crippen molar-refractivity contribution >= 4 is 22.4 Å². The van der Waals surface area contributed by atoms with E-state index in [0.717, 1.165) is 35.5 Å². The summed E-state index contributed by atoms with van der Waals surface area (Å²) < 4.78 is 0. The molecule has 1 aromatic carbocycles. The Balaban J connectivity index is 2.40. The molecule has 0 aliphatic carbocycles. The molecule has 5 heteroatoms. The number of anilines is 2. The van der Waals surface area contributed by atoms with E-state index in [1.807, 2.05) is 32.3 Å². The first-order valence-corrected chi connectivity index (χ1v) is 5.58. The first kappa shape index (κ1) is 11.6. The van der Waals surface area contributed by atoms with Crippen LogP contribution in [0.3, 0.4) is 0 Å². The summed E-state index contributed by atoms with van der Waals surface area (Å²) in [4.78, 5) is 10.7. The van der Waals surface area contributed by atoms with Crippen LogP contribution in [-0.4, -0.2) is 37.2 Å². The summed E-state index contributed by atoms with van der Waals surface area (Å²) in [5.41, 5.74) is 7.35. The highest BCUT2D eigenvalue weighted by atomic mass is 15.2. The predicted octanol–water partition coefficient (Wildman–Crippen LogP) is 0.868. The van der Waals surface area contributed by atoms with E-state index in [9.17, 15) is 0 Å². The third kappa shape index (κ3) is 2.45. The number of nitrogens with one attached hydrogen (secondary N) is 1. The third-order valence-electron chi connectivity index (χ3n) is 2.70. The molecule has 0 atom stereocenters. The smallest absolute Gasteiger partial charge is 0.139 e. The minimum atomic E-state index is 0.722. The molecule has 3 N–H and O–H groups in total. The highest BCUT2D eigenvalue weighted by molar-refractivity contribution is 5.91. The van der Waals surface area contributed by atoms with Crippen molar-refractivity contribution in [3.05, 3.63) is 24.5 Å². The lowest BCUT2D eigenvalue weighted by molar-refractivity contribution is 0.763. The quantitative estimate of drug-likeness (QED) is 0.764. The number of nitrogen functional groups attached to an aromatic ring is 1. The number of nitrogens with two attached hydrogens (primary N) is 1. The fraction of sp³-hybridized carbons (Fsp3) is 0.333. The van der Waals surface area contributed by atoms with Gasteiger partial charge < -0.3 is 16.0 Å². The molecule has 5 nitrogen and oxygen atoms in total. The van der Waals surface area contributed by atoms with Crippen molar-refractivity contribution in [1.82, 2.24) is 15.3 Å². The zero-order valence-corrected chi connectivity index (χ0v) is 10.1. The van der Waals surface area contributed by atoms with Crippen molar-refractivity contribution in [2.45, 2.75) is 0 Å². The summed E-state index contributed by atoms with van der Waals surface area (Å²) in [6, 6.07) is 5.71. The molecular formula is C12H17N5. The number of aromatic nitrogens is 2. The van der Waals surface area contributed by atoms with Gasteiger partial charge in [-0.05, 0) is 25.2 Å². The average Bonchev–Trinajstić information content (AvgIpc) is 2.34. The van der Waals surface area contributed by atoms with Gasteiger partial charge in [0.1, 0.15) is 12.1 Å². The lowest BCUT2D eigenvalue weighted by Gasteiger charge is -2.19. The van der Waals surface area contributed by atoms with E-state index in [2.05, 4.69) is 20.2 Å². The third-order valence-corrected chi connectivity index (χ3v) is 2.70. The molecule has 0 spiro atoms. The number of rotatable bonds is 4. The Hall–Kier alpha value is -1.88. The fourth-order valence-electron chi connectivity index (χ4n) is 1.75. The molecule has 0 bridgehead atoms. The average molecular weight is 231 g/mol. The molecule has 1 aromatic heterocycles. The minimum absolute atomic E-state index is 0.722. The molecule has 90 valence electrons. The van der Waals surface area contributed by atoms with Gasteiger partial charge >= 0.3 is 0 Å². The van der Waals surface area contributed by atoms with Crippen LogP contribution in [0, 0.1) is 0 Å². The monoisotopic (exact) mass is 231 g/mol. The van der Waals surface area contributed by atoms with Gasteiger partial charge in [-0.1, -0.05) is 0 Å². The largest absolute Gasteiger partial charge is 0.399 e. The summed E-state index contributed by atoms with van der Waals surface area (Å²) in [7, 11) is 3.96. The van der Waals surface area contributed by atoms with Crippen LogP contribution in [0.5, 0.6) is 0 Å². The molecule has 17 heavy (non-hydrogen) atoms. The topological polar surface area (TPSA) is 67.1 Å². The molecule has 0 saturated carbocycles. The molecular weight excluding hydrogens is 214 g/mol. The molecule has 0 radical (unpaired) electrons. The van der Waals surface area contributed by atoms with E-state index in [1.165, 1.54) is 0 Å². The number of likely N-dealkylation sites (N-methyl/N-ethyl adjacent to an activating group) is 2. The molecule has 0 aliphatic heterocycles. The maximum atomic E-state index is 5.75. The molecule has 2 aromatic rings. The van der Waals surface area contributed by atoms with Crippen LogP contribution in [0.1, 0.15) is 0 Å². The number of fused-ring (bicyclic) bond motifs is 1. The highest BCUT2D eigenvalue weighted by Crippen LogP contribution is 2.23. The predicted molar refractivity (Wildman–Crippen MR) is 71.1 cm³/mol. The van der Waals surface area contributed by atoms with Gasteiger partial charge in [-0.15, -0.1) is 0 Å². The van der Waals surface area contributed by atoms with Crippen LogP contribution >= 0.6 is 0 Å². The van der Waals surface area contributed by atoms with Crippen LogP contribution in [0.2, 0.25) is 0 Å². The maximum Gasteiger partial charge on any atom is 0.139 e. The van der Waals surface area contributed by atoms with Gasteiger partial charge in [-0.3, -0.25) is 0 Å². The van der Waals surface area contributed by atoms with Crippen LogP contribution in [-0.2, 0) is 0 Å². The van der Waals surface area contributed by atoms with Crippen LogP contribution < -0.4 is 16.0 Å². The molecule has 0 saturated heterocycles. The highest BCUT2D eigenvalue weighted by Gasteiger charge is 2.07. The molecule has 1 heterocycles. The van der Waals surface area contributed by atoms with Crippen molar-refractivity contribution in [3.63, 3.8) is 0 Å². The van der Waals surface area contributed by atoms with Gasteiger partial charge in [0.05, 0.1) is 5.52 Å². The van der Waals surface area contributed by atoms with Crippen molar-refractivity contribution < 1.29 is 0 Å². The Morgan fingerprint density at radius 3 is 2.94 bits per heavy atom. The number of benzene rings is 1.